The van der Waals surface area contributed by atoms with Gasteiger partial charge in [-0.25, -0.2) is 4.79 Å². The van der Waals surface area contributed by atoms with E-state index in [-0.39, 0.29) is 0 Å². The lowest BCUT2D eigenvalue weighted by Crippen LogP contribution is -1.83. The van der Waals surface area contributed by atoms with Crippen molar-refractivity contribution in [3.63, 3.8) is 0 Å². The molecular formula is C11H20O2. The Morgan fingerprint density at radius 3 is 2.00 bits per heavy atom. The summed E-state index contributed by atoms with van der Waals surface area (Å²) >= 11 is 0. The fourth-order valence-corrected chi connectivity index (χ4v) is 0.603. The van der Waals surface area contributed by atoms with Crippen molar-refractivity contribution in [2.24, 2.45) is 0 Å². The molecule has 0 unspecified atom stereocenters. The van der Waals surface area contributed by atoms with Crippen LogP contribution in [0.1, 0.15) is 40.0 Å². The highest BCUT2D eigenvalue weighted by atomic mass is 16.4. The molecule has 0 aromatic rings. The summed E-state index contributed by atoms with van der Waals surface area (Å²) < 4.78 is 0. The molecule has 0 radical (unpaired) electrons. The van der Waals surface area contributed by atoms with Gasteiger partial charge in [0.15, 0.2) is 0 Å². The Morgan fingerprint density at radius 1 is 1.23 bits per heavy atom. The average molecular weight is 184 g/mol. The van der Waals surface area contributed by atoms with E-state index in [1.807, 2.05) is 6.92 Å². The molecule has 0 heterocycles. The standard InChI is InChI=1S/C6H8O2.C5H12/c1-2-3-4-5-6(7)8;1-3-5-4-2/h2-5H,1H3,(H,7,8);3-5H2,1-2H3. The van der Waals surface area contributed by atoms with E-state index in [1.165, 1.54) is 25.3 Å². The summed E-state index contributed by atoms with van der Waals surface area (Å²) in [6, 6.07) is 0. The molecule has 13 heavy (non-hydrogen) atoms. The quantitative estimate of drug-likeness (QED) is 0.537. The number of allylic oxidation sites excluding steroid dienone is 3. The molecule has 1 N–H and O–H groups in total. The monoisotopic (exact) mass is 184 g/mol. The molecule has 0 aliphatic heterocycles. The molecule has 0 aliphatic carbocycles. The van der Waals surface area contributed by atoms with Crippen molar-refractivity contribution in [3.8, 4) is 0 Å². The third-order valence-electron chi connectivity index (χ3n) is 1.25. The van der Waals surface area contributed by atoms with E-state index < -0.39 is 5.97 Å². The summed E-state index contributed by atoms with van der Waals surface area (Å²) in [6.45, 7) is 6.25. The lowest BCUT2D eigenvalue weighted by molar-refractivity contribution is -0.131. The minimum absolute atomic E-state index is 0.914. The van der Waals surface area contributed by atoms with E-state index in [0.29, 0.717) is 0 Å². The van der Waals surface area contributed by atoms with Crippen molar-refractivity contribution < 1.29 is 9.90 Å². The molecule has 2 heteroatoms. The fourth-order valence-electron chi connectivity index (χ4n) is 0.603. The second kappa shape index (κ2) is 13.5. The lowest BCUT2D eigenvalue weighted by atomic mass is 10.3. The zero-order chi connectivity index (χ0) is 10.5. The van der Waals surface area contributed by atoms with E-state index in [9.17, 15) is 4.79 Å². The van der Waals surface area contributed by atoms with Crippen molar-refractivity contribution in [3.05, 3.63) is 24.3 Å². The third kappa shape index (κ3) is 24.8. The molecule has 0 aromatic heterocycles. The first-order valence-electron chi connectivity index (χ1n) is 4.71. The summed E-state index contributed by atoms with van der Waals surface area (Å²) in [4.78, 5) is 9.75. The first-order chi connectivity index (χ1) is 6.18. The predicted molar refractivity (Wildman–Crippen MR) is 56.8 cm³/mol. The lowest BCUT2D eigenvalue weighted by Gasteiger charge is -1.79. The predicted octanol–water partition coefficient (Wildman–Crippen LogP) is 3.40. The molecular weight excluding hydrogens is 164 g/mol. The Labute approximate surface area is 81.0 Å². The van der Waals surface area contributed by atoms with Crippen LogP contribution in [-0.2, 0) is 4.79 Å². The number of hydrogen-bond donors (Lipinski definition) is 1. The minimum Gasteiger partial charge on any atom is -0.478 e. The maximum Gasteiger partial charge on any atom is 0.328 e. The van der Waals surface area contributed by atoms with Crippen molar-refractivity contribution in [2.75, 3.05) is 0 Å². The van der Waals surface area contributed by atoms with Crippen LogP contribution in [-0.4, -0.2) is 11.1 Å². The van der Waals surface area contributed by atoms with Gasteiger partial charge in [0, 0.05) is 6.08 Å². The van der Waals surface area contributed by atoms with E-state index in [4.69, 9.17) is 5.11 Å². The molecule has 0 aliphatic rings. The van der Waals surface area contributed by atoms with Gasteiger partial charge in [0.05, 0.1) is 0 Å². The highest BCUT2D eigenvalue weighted by molar-refractivity contribution is 5.80. The van der Waals surface area contributed by atoms with Crippen LogP contribution in [0.2, 0.25) is 0 Å². The average Bonchev–Trinajstić information content (AvgIpc) is 2.07. The van der Waals surface area contributed by atoms with Gasteiger partial charge < -0.3 is 5.11 Å². The maximum atomic E-state index is 9.75. The number of carbonyl (C=O) groups is 1. The van der Waals surface area contributed by atoms with Crippen molar-refractivity contribution in [1.82, 2.24) is 0 Å². The second-order valence-corrected chi connectivity index (χ2v) is 2.58. The molecule has 0 saturated heterocycles. The summed E-state index contributed by atoms with van der Waals surface area (Å²) in [5, 5.41) is 8.02. The van der Waals surface area contributed by atoms with Gasteiger partial charge in [-0.2, -0.15) is 0 Å². The van der Waals surface area contributed by atoms with Crippen LogP contribution in [0, 0.1) is 0 Å². The summed E-state index contributed by atoms with van der Waals surface area (Å²) in [6.07, 6.45) is 10.1. The summed E-state index contributed by atoms with van der Waals surface area (Å²) in [5.41, 5.74) is 0. The summed E-state index contributed by atoms with van der Waals surface area (Å²) in [5.74, 6) is -0.914. The number of aliphatic carboxylic acids is 1. The molecule has 0 saturated carbocycles. The molecule has 0 spiro atoms. The van der Waals surface area contributed by atoms with Crippen LogP contribution in [0.5, 0.6) is 0 Å². The van der Waals surface area contributed by atoms with Crippen LogP contribution < -0.4 is 0 Å². The Hall–Kier alpha value is -1.05. The molecule has 0 atom stereocenters. The van der Waals surface area contributed by atoms with Gasteiger partial charge in [-0.15, -0.1) is 0 Å². The van der Waals surface area contributed by atoms with Crippen LogP contribution in [0.3, 0.4) is 0 Å². The van der Waals surface area contributed by atoms with Gasteiger partial charge in [-0.3, -0.25) is 0 Å². The van der Waals surface area contributed by atoms with Crippen LogP contribution >= 0.6 is 0 Å². The van der Waals surface area contributed by atoms with Gasteiger partial charge in [0.1, 0.15) is 0 Å². The van der Waals surface area contributed by atoms with Gasteiger partial charge in [0.25, 0.3) is 0 Å². The highest BCUT2D eigenvalue weighted by Crippen LogP contribution is 1.88. The zero-order valence-electron chi connectivity index (χ0n) is 8.79. The van der Waals surface area contributed by atoms with E-state index in [1.54, 1.807) is 12.2 Å². The van der Waals surface area contributed by atoms with Crippen LogP contribution in [0.15, 0.2) is 24.3 Å². The van der Waals surface area contributed by atoms with E-state index in [0.717, 1.165) is 6.08 Å². The van der Waals surface area contributed by atoms with E-state index in [2.05, 4.69) is 13.8 Å². The number of rotatable bonds is 4. The van der Waals surface area contributed by atoms with Crippen molar-refractivity contribution in [1.29, 1.82) is 0 Å². The molecule has 2 nitrogen and oxygen atoms in total. The maximum absolute atomic E-state index is 9.75. The molecule has 76 valence electrons. The topological polar surface area (TPSA) is 37.3 Å². The third-order valence-corrected chi connectivity index (χ3v) is 1.25. The Balaban J connectivity index is 0. The minimum atomic E-state index is -0.914. The first-order valence-corrected chi connectivity index (χ1v) is 4.71. The SMILES string of the molecule is CC=CC=CC(=O)O.CCCCC. The molecule has 0 amide bonds. The number of carboxylic acid groups (broad SMARTS) is 1. The molecule has 0 bridgehead atoms. The van der Waals surface area contributed by atoms with Crippen LogP contribution in [0.25, 0.3) is 0 Å². The van der Waals surface area contributed by atoms with Gasteiger partial charge >= 0.3 is 5.97 Å². The van der Waals surface area contributed by atoms with Crippen molar-refractivity contribution in [2.45, 2.75) is 40.0 Å². The van der Waals surface area contributed by atoms with Crippen molar-refractivity contribution >= 4 is 5.97 Å². The van der Waals surface area contributed by atoms with Gasteiger partial charge in [-0.1, -0.05) is 51.3 Å². The Morgan fingerprint density at radius 2 is 1.77 bits per heavy atom. The Kier molecular flexibility index (Phi) is 15.1. The van der Waals surface area contributed by atoms with Gasteiger partial charge in [-0.05, 0) is 6.92 Å². The largest absolute Gasteiger partial charge is 0.478 e. The second-order valence-electron chi connectivity index (χ2n) is 2.58. The number of carboxylic acids is 1. The zero-order valence-corrected chi connectivity index (χ0v) is 8.79. The van der Waals surface area contributed by atoms with Gasteiger partial charge in [0.2, 0.25) is 0 Å². The normalized spacial score (nSPS) is 10.1. The Bertz CT molecular complexity index is 155. The summed E-state index contributed by atoms with van der Waals surface area (Å²) in [7, 11) is 0. The molecule has 0 fully saturated rings. The highest BCUT2D eigenvalue weighted by Gasteiger charge is 1.78. The molecule has 0 rings (SSSR count). The molecule has 0 aromatic carbocycles. The number of hydrogen-bond acceptors (Lipinski definition) is 1. The van der Waals surface area contributed by atoms with E-state index >= 15 is 0 Å². The smallest absolute Gasteiger partial charge is 0.328 e. The first kappa shape index (κ1) is 14.5. The van der Waals surface area contributed by atoms with Crippen LogP contribution in [0.4, 0.5) is 0 Å². The fraction of sp³-hybridized carbons (Fsp3) is 0.545. The number of unbranched alkanes of at least 4 members (excludes halogenated alkanes) is 2.